The van der Waals surface area contributed by atoms with Crippen LogP contribution in [0, 0.1) is 0 Å². The molecule has 1 saturated heterocycles. The zero-order chi connectivity index (χ0) is 25.6. The molecule has 1 fully saturated rings. The number of para-hydroxylation sites is 2. The average Bonchev–Trinajstić information content (AvgIpc) is 3.19. The number of benzene rings is 3. The van der Waals surface area contributed by atoms with Gasteiger partial charge in [0.25, 0.3) is 0 Å². The lowest BCUT2D eigenvalue weighted by Crippen LogP contribution is -2.41. The first-order valence-corrected chi connectivity index (χ1v) is 13.0. The topological polar surface area (TPSA) is 59.7 Å². The molecule has 1 amide bonds. The molecular weight excluding hydrogens is 464 g/mol. The third-order valence-electron chi connectivity index (χ3n) is 7.21. The first-order valence-electron chi connectivity index (χ1n) is 13.0. The van der Waals surface area contributed by atoms with Crippen LogP contribution in [-0.2, 0) is 24.9 Å². The molecule has 0 saturated carbocycles. The molecule has 192 valence electrons. The van der Waals surface area contributed by atoms with Crippen LogP contribution in [0.15, 0.2) is 89.7 Å². The van der Waals surface area contributed by atoms with Gasteiger partial charge in [-0.1, -0.05) is 72.8 Å². The van der Waals surface area contributed by atoms with Crippen molar-refractivity contribution >= 4 is 17.1 Å². The number of piperidine rings is 1. The minimum Gasteiger partial charge on any atom is -0.448 e. The molecule has 5 rings (SSSR count). The summed E-state index contributed by atoms with van der Waals surface area (Å²) < 4.78 is 9.29. The van der Waals surface area contributed by atoms with Crippen LogP contribution in [0.5, 0.6) is 0 Å². The number of rotatable bonds is 8. The number of amides is 1. The molecule has 0 N–H and O–H groups in total. The number of carbonyl (C=O) groups is 1. The van der Waals surface area contributed by atoms with E-state index in [1.165, 1.54) is 11.1 Å². The van der Waals surface area contributed by atoms with Gasteiger partial charge in [-0.2, -0.15) is 0 Å². The van der Waals surface area contributed by atoms with Gasteiger partial charge in [-0.25, -0.2) is 9.59 Å². The number of hydrogen-bond acceptors (Lipinski definition) is 4. The van der Waals surface area contributed by atoms with Crippen molar-refractivity contribution in [3.8, 4) is 0 Å². The molecule has 7 nitrogen and oxygen atoms in total. The smallest absolute Gasteiger partial charge is 0.409 e. The molecule has 7 heteroatoms. The van der Waals surface area contributed by atoms with Crippen molar-refractivity contribution in [1.82, 2.24) is 18.9 Å². The highest BCUT2D eigenvalue weighted by Gasteiger charge is 2.27. The summed E-state index contributed by atoms with van der Waals surface area (Å²) in [4.78, 5) is 29.8. The first kappa shape index (κ1) is 24.8. The van der Waals surface area contributed by atoms with Gasteiger partial charge in [-0.3, -0.25) is 14.0 Å². The van der Waals surface area contributed by atoms with E-state index in [1.807, 2.05) is 72.3 Å². The van der Waals surface area contributed by atoms with E-state index in [2.05, 4.69) is 29.2 Å². The summed E-state index contributed by atoms with van der Waals surface area (Å²) in [6.07, 6.45) is 1.19. The molecule has 0 aliphatic carbocycles. The van der Waals surface area contributed by atoms with Crippen molar-refractivity contribution in [3.05, 3.63) is 107 Å². The number of imidazole rings is 1. The van der Waals surface area contributed by atoms with Crippen LogP contribution in [0.3, 0.4) is 0 Å². The molecule has 1 aliphatic heterocycles. The lowest BCUT2D eigenvalue weighted by atomic mass is 10.0. The Kier molecular flexibility index (Phi) is 7.70. The number of carbonyl (C=O) groups excluding carboxylic acids is 1. The van der Waals surface area contributed by atoms with E-state index < -0.39 is 0 Å². The summed E-state index contributed by atoms with van der Waals surface area (Å²) in [5.41, 5.74) is 4.35. The minimum atomic E-state index is -0.275. The summed E-state index contributed by atoms with van der Waals surface area (Å²) in [5, 5.41) is 0. The Hall–Kier alpha value is -3.84. The maximum Gasteiger partial charge on any atom is 0.409 e. The summed E-state index contributed by atoms with van der Waals surface area (Å²) in [5.74, 6) is 0. The number of hydrogen-bond donors (Lipinski definition) is 0. The molecule has 0 unspecified atom stereocenters. The van der Waals surface area contributed by atoms with Gasteiger partial charge in [-0.05, 0) is 36.1 Å². The van der Waals surface area contributed by atoms with Gasteiger partial charge >= 0.3 is 11.8 Å². The molecule has 3 aromatic carbocycles. The molecule has 0 radical (unpaired) electrons. The molecule has 0 bridgehead atoms. The second-order valence-electron chi connectivity index (χ2n) is 9.71. The lowest BCUT2D eigenvalue weighted by molar-refractivity contribution is 0.0769. The molecule has 2 heterocycles. The van der Waals surface area contributed by atoms with Crippen molar-refractivity contribution in [3.63, 3.8) is 0 Å². The van der Waals surface area contributed by atoms with Crippen LogP contribution in [0.2, 0.25) is 0 Å². The Balaban J connectivity index is 1.15. The maximum atomic E-state index is 12.9. The van der Waals surface area contributed by atoms with Gasteiger partial charge in [-0.15, -0.1) is 0 Å². The predicted octanol–water partition coefficient (Wildman–Crippen LogP) is 4.82. The van der Waals surface area contributed by atoms with Gasteiger partial charge in [0.1, 0.15) is 6.61 Å². The third-order valence-corrected chi connectivity index (χ3v) is 7.21. The summed E-state index contributed by atoms with van der Waals surface area (Å²) >= 11 is 0. The molecule has 0 spiro atoms. The highest BCUT2D eigenvalue weighted by Crippen LogP contribution is 2.25. The van der Waals surface area contributed by atoms with Crippen LogP contribution >= 0.6 is 0 Å². The highest BCUT2D eigenvalue weighted by molar-refractivity contribution is 5.76. The van der Waals surface area contributed by atoms with E-state index in [9.17, 15) is 9.59 Å². The molecule has 37 heavy (non-hydrogen) atoms. The Morgan fingerprint density at radius 2 is 1.38 bits per heavy atom. The number of ether oxygens (including phenoxy) is 1. The van der Waals surface area contributed by atoms with E-state index in [-0.39, 0.29) is 17.8 Å². The predicted molar refractivity (Wildman–Crippen MR) is 145 cm³/mol. The van der Waals surface area contributed by atoms with E-state index >= 15 is 0 Å². The van der Waals surface area contributed by atoms with E-state index in [0.29, 0.717) is 26.2 Å². The van der Waals surface area contributed by atoms with Crippen molar-refractivity contribution in [2.24, 2.45) is 7.05 Å². The van der Waals surface area contributed by atoms with Gasteiger partial charge < -0.3 is 9.64 Å². The summed E-state index contributed by atoms with van der Waals surface area (Å²) in [6.45, 7) is 3.73. The second kappa shape index (κ2) is 11.5. The fourth-order valence-corrected chi connectivity index (χ4v) is 5.23. The SMILES string of the molecule is Cn1c(=O)n(C2CCN(C(=O)OCCN(Cc3ccccc3)Cc3ccccc3)CC2)c2ccccc21. The third kappa shape index (κ3) is 5.78. The Labute approximate surface area is 217 Å². The zero-order valence-electron chi connectivity index (χ0n) is 21.3. The van der Waals surface area contributed by atoms with E-state index in [0.717, 1.165) is 37.0 Å². The number of likely N-dealkylation sites (tertiary alicyclic amines) is 1. The Morgan fingerprint density at radius 3 is 1.97 bits per heavy atom. The molecule has 1 aliphatic rings. The highest BCUT2D eigenvalue weighted by atomic mass is 16.6. The summed E-state index contributed by atoms with van der Waals surface area (Å²) in [7, 11) is 1.81. The van der Waals surface area contributed by atoms with Gasteiger partial charge in [0.05, 0.1) is 11.0 Å². The number of aryl methyl sites for hydroxylation is 1. The number of fused-ring (bicyclic) bond motifs is 1. The van der Waals surface area contributed by atoms with Gasteiger partial charge in [0.15, 0.2) is 0 Å². The van der Waals surface area contributed by atoms with Crippen molar-refractivity contribution in [2.75, 3.05) is 26.2 Å². The fraction of sp³-hybridized carbons (Fsp3) is 0.333. The summed E-state index contributed by atoms with van der Waals surface area (Å²) in [6, 6.07) is 28.7. The van der Waals surface area contributed by atoms with Crippen LogP contribution in [0.4, 0.5) is 4.79 Å². The van der Waals surface area contributed by atoms with Crippen LogP contribution in [0.1, 0.15) is 30.0 Å². The van der Waals surface area contributed by atoms with Crippen molar-refractivity contribution in [2.45, 2.75) is 32.0 Å². The van der Waals surface area contributed by atoms with Crippen molar-refractivity contribution < 1.29 is 9.53 Å². The second-order valence-corrected chi connectivity index (χ2v) is 9.71. The van der Waals surface area contributed by atoms with Crippen LogP contribution in [-0.4, -0.2) is 51.3 Å². The lowest BCUT2D eigenvalue weighted by Gasteiger charge is -2.32. The monoisotopic (exact) mass is 498 g/mol. The molecule has 0 atom stereocenters. The van der Waals surface area contributed by atoms with E-state index in [1.54, 1.807) is 9.47 Å². The number of aromatic nitrogens is 2. The Morgan fingerprint density at radius 1 is 0.838 bits per heavy atom. The molecular formula is C30H34N4O3. The normalized spacial score (nSPS) is 14.4. The van der Waals surface area contributed by atoms with Crippen molar-refractivity contribution in [1.29, 1.82) is 0 Å². The standard InChI is InChI=1S/C30H34N4O3/c1-31-27-14-8-9-15-28(27)34(29(31)35)26-16-18-33(19-17-26)30(36)37-21-20-32(22-24-10-4-2-5-11-24)23-25-12-6-3-7-13-25/h2-15,26H,16-23H2,1H3. The number of nitrogens with zero attached hydrogens (tertiary/aromatic N) is 4. The van der Waals surface area contributed by atoms with E-state index in [4.69, 9.17) is 4.74 Å². The largest absolute Gasteiger partial charge is 0.448 e. The van der Waals surface area contributed by atoms with Crippen LogP contribution < -0.4 is 5.69 Å². The zero-order valence-corrected chi connectivity index (χ0v) is 21.3. The molecule has 1 aromatic heterocycles. The van der Waals surface area contributed by atoms with Gasteiger partial charge in [0, 0.05) is 45.8 Å². The Bertz CT molecular complexity index is 1330. The average molecular weight is 499 g/mol. The fourth-order valence-electron chi connectivity index (χ4n) is 5.23. The van der Waals surface area contributed by atoms with Gasteiger partial charge in [0.2, 0.25) is 0 Å². The van der Waals surface area contributed by atoms with Crippen LogP contribution in [0.25, 0.3) is 11.0 Å². The molecule has 4 aromatic rings. The first-order chi connectivity index (χ1) is 18.1. The minimum absolute atomic E-state index is 0.000787. The maximum absolute atomic E-state index is 12.9. The quantitative estimate of drug-likeness (QED) is 0.350.